The summed E-state index contributed by atoms with van der Waals surface area (Å²) in [6, 6.07) is 1.08. The van der Waals surface area contributed by atoms with Gasteiger partial charge in [-0.25, -0.2) is 4.79 Å². The van der Waals surface area contributed by atoms with E-state index >= 15 is 0 Å². The Morgan fingerprint density at radius 1 is 1.46 bits per heavy atom. The monoisotopic (exact) mass is 206 g/mol. The normalized spacial score (nSPS) is 11.3. The van der Waals surface area contributed by atoms with E-state index in [0.717, 1.165) is 12.1 Å². The first kappa shape index (κ1) is 12.4. The molecular weight excluding hydrogens is 188 g/mol. The molecule has 0 aromatic heterocycles. The predicted molar refractivity (Wildman–Crippen MR) is 52.6 cm³/mol. The minimum atomic E-state index is -2.05. The van der Waals surface area contributed by atoms with E-state index in [1.165, 1.54) is 0 Å². The smallest absolute Gasteiger partial charge is 0.339 e. The Hall–Kier alpha value is -0.593. The maximum Gasteiger partial charge on any atom is 0.339 e. The fraction of sp³-hybridized carbons (Fsp3) is 0.857. The molecule has 5 nitrogen and oxygen atoms in total. The van der Waals surface area contributed by atoms with Gasteiger partial charge >= 0.3 is 14.6 Å². The van der Waals surface area contributed by atoms with Gasteiger partial charge in [0.1, 0.15) is 0 Å². The van der Waals surface area contributed by atoms with Gasteiger partial charge in [0.25, 0.3) is 0 Å². The molecule has 0 saturated carbocycles. The van der Waals surface area contributed by atoms with Crippen LogP contribution in [-0.2, 0) is 8.85 Å². The van der Waals surface area contributed by atoms with Crippen molar-refractivity contribution in [1.82, 2.24) is 5.32 Å². The number of rotatable bonds is 6. The van der Waals surface area contributed by atoms with Crippen molar-refractivity contribution >= 4 is 14.6 Å². The van der Waals surface area contributed by atoms with Crippen LogP contribution in [0.2, 0.25) is 12.1 Å². The molecule has 0 atom stereocenters. The standard InChI is InChI=1S/C7H18N2O3Si/c1-4-13(11-2,12-3)6-5-9-7(8)10/h4-6H2,1-3H3,(H3,8,9,10). The molecule has 0 aromatic carbocycles. The molecule has 0 aliphatic carbocycles. The Morgan fingerprint density at radius 2 is 2.00 bits per heavy atom. The van der Waals surface area contributed by atoms with E-state index in [4.69, 9.17) is 14.6 Å². The van der Waals surface area contributed by atoms with Crippen LogP contribution in [0.5, 0.6) is 0 Å². The summed E-state index contributed by atoms with van der Waals surface area (Å²) in [5.74, 6) is 0. The van der Waals surface area contributed by atoms with Gasteiger partial charge < -0.3 is 19.9 Å². The van der Waals surface area contributed by atoms with Crippen molar-refractivity contribution in [2.24, 2.45) is 5.73 Å². The molecule has 0 bridgehead atoms. The largest absolute Gasteiger partial charge is 0.398 e. The third-order valence-electron chi connectivity index (χ3n) is 2.09. The number of urea groups is 1. The third kappa shape index (κ3) is 4.25. The SMILES string of the molecule is CC[Si](CCNC(N)=O)(OC)OC. The third-order valence-corrected chi connectivity index (χ3v) is 5.67. The van der Waals surface area contributed by atoms with E-state index in [9.17, 15) is 4.79 Å². The van der Waals surface area contributed by atoms with Crippen LogP contribution in [0, 0.1) is 0 Å². The number of carbonyl (C=O) groups is 1. The van der Waals surface area contributed by atoms with Gasteiger partial charge in [-0.3, -0.25) is 0 Å². The van der Waals surface area contributed by atoms with Crippen LogP contribution >= 0.6 is 0 Å². The fourth-order valence-electron chi connectivity index (χ4n) is 1.13. The quantitative estimate of drug-likeness (QED) is 0.618. The second-order valence-electron chi connectivity index (χ2n) is 2.71. The van der Waals surface area contributed by atoms with Crippen molar-refractivity contribution < 1.29 is 13.6 Å². The molecule has 2 amide bonds. The Balaban J connectivity index is 3.88. The van der Waals surface area contributed by atoms with Gasteiger partial charge in [0.2, 0.25) is 0 Å². The number of nitrogens with one attached hydrogen (secondary N) is 1. The van der Waals surface area contributed by atoms with Gasteiger partial charge in [-0.15, -0.1) is 0 Å². The average Bonchev–Trinajstić information content (AvgIpc) is 2.13. The van der Waals surface area contributed by atoms with E-state index < -0.39 is 14.6 Å². The topological polar surface area (TPSA) is 73.6 Å². The summed E-state index contributed by atoms with van der Waals surface area (Å²) < 4.78 is 10.7. The molecule has 0 rings (SSSR count). The Labute approximate surface area is 79.8 Å². The number of hydrogen-bond acceptors (Lipinski definition) is 3. The van der Waals surface area contributed by atoms with Crippen LogP contribution in [0.15, 0.2) is 0 Å². The summed E-state index contributed by atoms with van der Waals surface area (Å²) in [7, 11) is 1.23. The van der Waals surface area contributed by atoms with Gasteiger partial charge in [-0.05, 0) is 6.04 Å². The van der Waals surface area contributed by atoms with Gasteiger partial charge in [0.15, 0.2) is 0 Å². The Morgan fingerprint density at radius 3 is 2.31 bits per heavy atom. The lowest BCUT2D eigenvalue weighted by atomic mass is 10.7. The number of hydrogen-bond donors (Lipinski definition) is 2. The van der Waals surface area contributed by atoms with Crippen LogP contribution in [0.1, 0.15) is 6.92 Å². The highest BCUT2D eigenvalue weighted by molar-refractivity contribution is 6.67. The van der Waals surface area contributed by atoms with E-state index in [0.29, 0.717) is 6.54 Å². The van der Waals surface area contributed by atoms with Gasteiger partial charge in [0, 0.05) is 26.8 Å². The van der Waals surface area contributed by atoms with Gasteiger partial charge in [0.05, 0.1) is 0 Å². The summed E-state index contributed by atoms with van der Waals surface area (Å²) in [6.07, 6.45) is 0. The molecule has 3 N–H and O–H groups in total. The highest BCUT2D eigenvalue weighted by Crippen LogP contribution is 2.15. The zero-order valence-electron chi connectivity index (χ0n) is 8.42. The number of nitrogens with two attached hydrogens (primary N) is 1. The number of amides is 2. The summed E-state index contributed by atoms with van der Waals surface area (Å²) in [6.45, 7) is 2.53. The lowest BCUT2D eigenvalue weighted by Crippen LogP contribution is -2.43. The molecule has 0 spiro atoms. The number of primary amides is 1. The zero-order chi connectivity index (χ0) is 10.3. The summed E-state index contributed by atoms with van der Waals surface area (Å²) in [5.41, 5.74) is 4.93. The van der Waals surface area contributed by atoms with Crippen LogP contribution in [0.25, 0.3) is 0 Å². The van der Waals surface area contributed by atoms with Gasteiger partial charge in [-0.1, -0.05) is 6.92 Å². The number of carbonyl (C=O) groups excluding carboxylic acids is 1. The lowest BCUT2D eigenvalue weighted by Gasteiger charge is -2.25. The van der Waals surface area contributed by atoms with Crippen LogP contribution in [-0.4, -0.2) is 35.4 Å². The summed E-state index contributed by atoms with van der Waals surface area (Å²) in [4.78, 5) is 10.4. The van der Waals surface area contributed by atoms with Crippen LogP contribution < -0.4 is 11.1 Å². The van der Waals surface area contributed by atoms with E-state index in [-0.39, 0.29) is 0 Å². The predicted octanol–water partition coefficient (Wildman–Crippen LogP) is 0.410. The second-order valence-corrected chi connectivity index (χ2v) is 6.56. The average molecular weight is 206 g/mol. The minimum absolute atomic E-state index is 0.508. The first-order valence-corrected chi connectivity index (χ1v) is 6.47. The Bertz CT molecular complexity index is 154. The molecule has 0 aliphatic heterocycles. The molecule has 0 unspecified atom stereocenters. The first-order chi connectivity index (χ1) is 6.10. The van der Waals surface area contributed by atoms with Crippen molar-refractivity contribution in [3.8, 4) is 0 Å². The molecule has 0 aromatic rings. The van der Waals surface area contributed by atoms with Crippen molar-refractivity contribution in [3.63, 3.8) is 0 Å². The van der Waals surface area contributed by atoms with Crippen molar-refractivity contribution in [2.75, 3.05) is 20.8 Å². The fourth-order valence-corrected chi connectivity index (χ4v) is 3.14. The van der Waals surface area contributed by atoms with Crippen LogP contribution in [0.4, 0.5) is 4.79 Å². The molecule has 0 saturated heterocycles. The highest BCUT2D eigenvalue weighted by atomic mass is 28.4. The summed E-state index contributed by atoms with van der Waals surface area (Å²) >= 11 is 0. The van der Waals surface area contributed by atoms with Crippen LogP contribution in [0.3, 0.4) is 0 Å². The van der Waals surface area contributed by atoms with Crippen molar-refractivity contribution in [2.45, 2.75) is 19.0 Å². The molecule has 78 valence electrons. The maximum absolute atomic E-state index is 10.4. The van der Waals surface area contributed by atoms with Crippen molar-refractivity contribution in [3.05, 3.63) is 0 Å². The molecule has 0 aliphatic rings. The summed E-state index contributed by atoms with van der Waals surface area (Å²) in [5, 5.41) is 2.52. The molecule has 0 heterocycles. The molecule has 0 radical (unpaired) electrons. The van der Waals surface area contributed by atoms with Crippen molar-refractivity contribution in [1.29, 1.82) is 0 Å². The Kier molecular flexibility index (Phi) is 5.68. The second kappa shape index (κ2) is 5.95. The minimum Gasteiger partial charge on any atom is -0.398 e. The lowest BCUT2D eigenvalue weighted by molar-refractivity contribution is 0.239. The first-order valence-electron chi connectivity index (χ1n) is 4.24. The molecular formula is C7H18N2O3Si. The van der Waals surface area contributed by atoms with Gasteiger partial charge in [-0.2, -0.15) is 0 Å². The highest BCUT2D eigenvalue weighted by Gasteiger charge is 2.32. The van der Waals surface area contributed by atoms with E-state index in [2.05, 4.69) is 5.32 Å². The molecule has 13 heavy (non-hydrogen) atoms. The van der Waals surface area contributed by atoms with E-state index in [1.54, 1.807) is 14.2 Å². The molecule has 6 heteroatoms. The van der Waals surface area contributed by atoms with E-state index in [1.807, 2.05) is 6.92 Å². The molecule has 0 fully saturated rings. The maximum atomic E-state index is 10.4. The zero-order valence-corrected chi connectivity index (χ0v) is 9.42.